The van der Waals surface area contributed by atoms with Gasteiger partial charge in [-0.25, -0.2) is 0 Å². The van der Waals surface area contributed by atoms with Crippen molar-refractivity contribution in [2.75, 3.05) is 26.3 Å². The Morgan fingerprint density at radius 3 is 2.56 bits per heavy atom. The lowest BCUT2D eigenvalue weighted by Gasteiger charge is -2.27. The second-order valence-electron chi connectivity index (χ2n) is 5.50. The minimum absolute atomic E-state index is 0.435. The molecule has 1 unspecified atom stereocenters. The number of hydrogen-bond acceptors (Lipinski definition) is 3. The molecule has 2 aliphatic rings. The van der Waals surface area contributed by atoms with Gasteiger partial charge in [-0.1, -0.05) is 25.7 Å². The van der Waals surface area contributed by atoms with Gasteiger partial charge in [-0.3, -0.25) is 0 Å². The summed E-state index contributed by atoms with van der Waals surface area (Å²) in [4.78, 5) is 0. The van der Waals surface area contributed by atoms with Crippen molar-refractivity contribution < 1.29 is 9.84 Å². The molecule has 16 heavy (non-hydrogen) atoms. The van der Waals surface area contributed by atoms with Gasteiger partial charge < -0.3 is 15.2 Å². The Morgan fingerprint density at radius 2 is 1.94 bits per heavy atom. The number of nitrogens with one attached hydrogen (secondary N) is 1. The molecule has 3 nitrogen and oxygen atoms in total. The molecule has 0 bridgehead atoms. The highest BCUT2D eigenvalue weighted by Crippen LogP contribution is 2.26. The van der Waals surface area contributed by atoms with E-state index in [2.05, 4.69) is 5.32 Å². The standard InChI is InChI=1S/C13H25NO2/c15-13(6-3-1-2-4-7-13)11-14-9-12-5-8-16-10-12/h12,14-15H,1-11H2. The monoisotopic (exact) mass is 227 g/mol. The Morgan fingerprint density at radius 1 is 1.19 bits per heavy atom. The summed E-state index contributed by atoms with van der Waals surface area (Å²) < 4.78 is 5.34. The molecule has 1 atom stereocenters. The highest BCUT2D eigenvalue weighted by Gasteiger charge is 2.27. The van der Waals surface area contributed by atoms with Gasteiger partial charge in [0.1, 0.15) is 0 Å². The van der Waals surface area contributed by atoms with Crippen LogP contribution in [0.15, 0.2) is 0 Å². The van der Waals surface area contributed by atoms with E-state index in [1.165, 1.54) is 32.1 Å². The van der Waals surface area contributed by atoms with Gasteiger partial charge in [0, 0.05) is 19.7 Å². The predicted molar refractivity (Wildman–Crippen MR) is 64.4 cm³/mol. The lowest BCUT2D eigenvalue weighted by Crippen LogP contribution is -2.41. The molecule has 0 aromatic rings. The zero-order valence-corrected chi connectivity index (χ0v) is 10.2. The van der Waals surface area contributed by atoms with Crippen LogP contribution in [0.3, 0.4) is 0 Å². The zero-order chi connectivity index (χ0) is 11.3. The maximum Gasteiger partial charge on any atom is 0.0771 e. The third-order valence-corrected chi connectivity index (χ3v) is 3.95. The molecule has 0 aromatic carbocycles. The SMILES string of the molecule is OC1(CNCC2CCOC2)CCCCCC1. The summed E-state index contributed by atoms with van der Waals surface area (Å²) >= 11 is 0. The van der Waals surface area contributed by atoms with Crippen LogP contribution in [0.4, 0.5) is 0 Å². The molecule has 0 radical (unpaired) electrons. The van der Waals surface area contributed by atoms with Crippen LogP contribution < -0.4 is 5.32 Å². The second-order valence-corrected chi connectivity index (χ2v) is 5.50. The Bertz CT molecular complexity index is 194. The molecule has 1 saturated heterocycles. The van der Waals surface area contributed by atoms with E-state index in [0.29, 0.717) is 5.92 Å². The average Bonchev–Trinajstić information content (AvgIpc) is 2.68. The van der Waals surface area contributed by atoms with Crippen molar-refractivity contribution >= 4 is 0 Å². The topological polar surface area (TPSA) is 41.5 Å². The first-order valence-electron chi connectivity index (χ1n) is 6.79. The summed E-state index contributed by atoms with van der Waals surface area (Å²) in [5.74, 6) is 0.661. The van der Waals surface area contributed by atoms with Crippen LogP contribution in [0.25, 0.3) is 0 Å². The number of hydrogen-bond donors (Lipinski definition) is 2. The van der Waals surface area contributed by atoms with Crippen molar-refractivity contribution in [2.24, 2.45) is 5.92 Å². The molecule has 0 aromatic heterocycles. The van der Waals surface area contributed by atoms with Gasteiger partial charge in [-0.15, -0.1) is 0 Å². The summed E-state index contributed by atoms with van der Waals surface area (Å²) in [6.07, 6.45) is 8.07. The molecule has 1 heterocycles. The Balaban J connectivity index is 1.66. The molecule has 0 amide bonds. The predicted octanol–water partition coefficient (Wildman–Crippen LogP) is 1.70. The molecule has 2 fully saturated rings. The normalized spacial score (nSPS) is 30.2. The van der Waals surface area contributed by atoms with Crippen LogP contribution in [-0.4, -0.2) is 37.0 Å². The molecule has 3 heteroatoms. The lowest BCUT2D eigenvalue weighted by molar-refractivity contribution is 0.0244. The van der Waals surface area contributed by atoms with Crippen LogP contribution in [0.1, 0.15) is 44.9 Å². The van der Waals surface area contributed by atoms with Gasteiger partial charge >= 0.3 is 0 Å². The maximum absolute atomic E-state index is 10.4. The first kappa shape index (κ1) is 12.3. The average molecular weight is 227 g/mol. The maximum atomic E-state index is 10.4. The molecular formula is C13H25NO2. The van der Waals surface area contributed by atoms with Gasteiger partial charge in [-0.05, 0) is 25.2 Å². The fraction of sp³-hybridized carbons (Fsp3) is 1.00. The third kappa shape index (κ3) is 3.72. The first-order chi connectivity index (χ1) is 7.79. The largest absolute Gasteiger partial charge is 0.389 e. The van der Waals surface area contributed by atoms with Crippen molar-refractivity contribution in [1.82, 2.24) is 5.32 Å². The van der Waals surface area contributed by atoms with Crippen LogP contribution in [0, 0.1) is 5.92 Å². The van der Waals surface area contributed by atoms with E-state index >= 15 is 0 Å². The van der Waals surface area contributed by atoms with E-state index < -0.39 is 5.60 Å². The quantitative estimate of drug-likeness (QED) is 0.718. The van der Waals surface area contributed by atoms with Crippen LogP contribution in [-0.2, 0) is 4.74 Å². The van der Waals surface area contributed by atoms with Gasteiger partial charge in [0.15, 0.2) is 0 Å². The second kappa shape index (κ2) is 5.99. The molecule has 2 N–H and O–H groups in total. The van der Waals surface area contributed by atoms with Gasteiger partial charge in [0.05, 0.1) is 12.2 Å². The van der Waals surface area contributed by atoms with E-state index in [1.807, 2.05) is 0 Å². The van der Waals surface area contributed by atoms with Crippen molar-refractivity contribution in [3.63, 3.8) is 0 Å². The number of rotatable bonds is 4. The van der Waals surface area contributed by atoms with E-state index in [-0.39, 0.29) is 0 Å². The fourth-order valence-corrected chi connectivity index (χ4v) is 2.82. The third-order valence-electron chi connectivity index (χ3n) is 3.95. The molecule has 1 aliphatic carbocycles. The Hall–Kier alpha value is -0.120. The minimum atomic E-state index is -0.435. The van der Waals surface area contributed by atoms with Crippen LogP contribution >= 0.6 is 0 Å². The number of ether oxygens (including phenoxy) is 1. The summed E-state index contributed by atoms with van der Waals surface area (Å²) in [5.41, 5.74) is -0.435. The van der Waals surface area contributed by atoms with Crippen LogP contribution in [0.2, 0.25) is 0 Å². The summed E-state index contributed by atoms with van der Waals surface area (Å²) in [7, 11) is 0. The molecule has 94 valence electrons. The Kier molecular flexibility index (Phi) is 4.62. The highest BCUT2D eigenvalue weighted by atomic mass is 16.5. The molecule has 1 saturated carbocycles. The van der Waals surface area contributed by atoms with E-state index in [4.69, 9.17) is 4.74 Å². The minimum Gasteiger partial charge on any atom is -0.389 e. The van der Waals surface area contributed by atoms with Crippen molar-refractivity contribution in [2.45, 2.75) is 50.5 Å². The smallest absolute Gasteiger partial charge is 0.0771 e. The van der Waals surface area contributed by atoms with Gasteiger partial charge in [0.2, 0.25) is 0 Å². The van der Waals surface area contributed by atoms with Gasteiger partial charge in [0.25, 0.3) is 0 Å². The van der Waals surface area contributed by atoms with Crippen molar-refractivity contribution in [1.29, 1.82) is 0 Å². The highest BCUT2D eigenvalue weighted by molar-refractivity contribution is 4.83. The summed E-state index contributed by atoms with van der Waals surface area (Å²) in [6.45, 7) is 3.58. The summed E-state index contributed by atoms with van der Waals surface area (Å²) in [5, 5.41) is 13.9. The first-order valence-corrected chi connectivity index (χ1v) is 6.79. The van der Waals surface area contributed by atoms with Gasteiger partial charge in [-0.2, -0.15) is 0 Å². The fourth-order valence-electron chi connectivity index (χ4n) is 2.82. The Labute approximate surface area is 98.6 Å². The summed E-state index contributed by atoms with van der Waals surface area (Å²) in [6, 6.07) is 0. The molecular weight excluding hydrogens is 202 g/mol. The van der Waals surface area contributed by atoms with E-state index in [9.17, 15) is 5.11 Å². The zero-order valence-electron chi connectivity index (χ0n) is 10.2. The van der Waals surface area contributed by atoms with E-state index in [0.717, 1.165) is 39.1 Å². The lowest BCUT2D eigenvalue weighted by atomic mass is 9.94. The molecule has 0 spiro atoms. The van der Waals surface area contributed by atoms with Crippen molar-refractivity contribution in [3.05, 3.63) is 0 Å². The van der Waals surface area contributed by atoms with Crippen molar-refractivity contribution in [3.8, 4) is 0 Å². The molecule has 1 aliphatic heterocycles. The number of aliphatic hydroxyl groups is 1. The van der Waals surface area contributed by atoms with E-state index in [1.54, 1.807) is 0 Å². The van der Waals surface area contributed by atoms with Crippen LogP contribution in [0.5, 0.6) is 0 Å². The molecule has 2 rings (SSSR count).